The zero-order chi connectivity index (χ0) is 14.0. The Kier molecular flexibility index (Phi) is 3.87. The highest BCUT2D eigenvalue weighted by Gasteiger charge is 2.17. The van der Waals surface area contributed by atoms with Gasteiger partial charge in [-0.2, -0.15) is 5.10 Å². The van der Waals surface area contributed by atoms with Crippen LogP contribution in [0.5, 0.6) is 5.75 Å². The second kappa shape index (κ2) is 5.42. The van der Waals surface area contributed by atoms with E-state index in [1.165, 1.54) is 7.11 Å². The molecule has 0 aliphatic rings. The molecule has 0 fully saturated rings. The molecule has 0 radical (unpaired) electrons. The van der Waals surface area contributed by atoms with E-state index in [1.807, 2.05) is 19.9 Å². The molecular weight excluding hydrogens is 245 g/mol. The van der Waals surface area contributed by atoms with E-state index in [9.17, 15) is 10.0 Å². The summed E-state index contributed by atoms with van der Waals surface area (Å²) in [6.45, 7) is 4.24. The maximum Gasteiger partial charge on any atom is 0.492 e. The molecule has 1 aromatic heterocycles. The molecule has 0 amide bonds. The quantitative estimate of drug-likeness (QED) is 0.734. The first-order valence-corrected chi connectivity index (χ1v) is 5.92. The Labute approximate surface area is 111 Å². The van der Waals surface area contributed by atoms with Crippen molar-refractivity contribution < 1.29 is 14.8 Å². The summed E-state index contributed by atoms with van der Waals surface area (Å²) < 4.78 is 6.85. The van der Waals surface area contributed by atoms with Gasteiger partial charge in [-0.3, -0.25) is 0 Å². The number of aryl methyl sites for hydroxylation is 2. The first-order valence-electron chi connectivity index (χ1n) is 5.92. The summed E-state index contributed by atoms with van der Waals surface area (Å²) >= 11 is 0. The highest BCUT2D eigenvalue weighted by atomic mass is 16.5. The Morgan fingerprint density at radius 3 is 2.58 bits per heavy atom. The molecule has 0 unspecified atom stereocenters. The number of rotatable bonds is 4. The van der Waals surface area contributed by atoms with Gasteiger partial charge in [0.1, 0.15) is 17.4 Å². The molecule has 100 valence electrons. The third-order valence-corrected chi connectivity index (χ3v) is 2.87. The van der Waals surface area contributed by atoms with Crippen molar-refractivity contribution in [1.29, 1.82) is 0 Å². The molecule has 0 spiro atoms. The Bertz CT molecular complexity index is 584. The number of benzene rings is 1. The van der Waals surface area contributed by atoms with Crippen LogP contribution >= 0.6 is 0 Å². The maximum atomic E-state index is 9.33. The van der Waals surface area contributed by atoms with Gasteiger partial charge >= 0.3 is 7.12 Å². The maximum absolute atomic E-state index is 9.33. The van der Waals surface area contributed by atoms with Crippen molar-refractivity contribution >= 4 is 12.6 Å². The number of aromatic nitrogens is 3. The fourth-order valence-corrected chi connectivity index (χ4v) is 1.97. The lowest BCUT2D eigenvalue weighted by molar-refractivity contribution is 0.403. The molecular formula is C12H16BN3O3. The van der Waals surface area contributed by atoms with E-state index in [1.54, 1.807) is 16.8 Å². The molecule has 0 atom stereocenters. The topological polar surface area (TPSA) is 80.4 Å². The predicted octanol–water partition coefficient (Wildman–Crippen LogP) is -0.368. The Hall–Kier alpha value is -1.86. The van der Waals surface area contributed by atoms with Gasteiger partial charge in [0.2, 0.25) is 0 Å². The lowest BCUT2D eigenvalue weighted by atomic mass is 9.78. The van der Waals surface area contributed by atoms with E-state index in [4.69, 9.17) is 4.74 Å². The minimum absolute atomic E-state index is 0.342. The predicted molar refractivity (Wildman–Crippen MR) is 71.4 cm³/mol. The first-order chi connectivity index (χ1) is 9.01. The van der Waals surface area contributed by atoms with Gasteiger partial charge in [0.25, 0.3) is 0 Å². The van der Waals surface area contributed by atoms with Gasteiger partial charge in [-0.1, -0.05) is 12.1 Å². The van der Waals surface area contributed by atoms with Crippen molar-refractivity contribution in [2.45, 2.75) is 20.4 Å². The Morgan fingerprint density at radius 1 is 1.32 bits per heavy atom. The summed E-state index contributed by atoms with van der Waals surface area (Å²) in [4.78, 5) is 4.23. The summed E-state index contributed by atoms with van der Waals surface area (Å²) in [7, 11) is -0.0697. The van der Waals surface area contributed by atoms with Gasteiger partial charge in [0, 0.05) is 5.46 Å². The van der Waals surface area contributed by atoms with Gasteiger partial charge in [-0.25, -0.2) is 9.67 Å². The number of hydrogen-bond acceptors (Lipinski definition) is 5. The van der Waals surface area contributed by atoms with E-state index in [0.29, 0.717) is 23.6 Å². The molecule has 2 rings (SSSR count). The Morgan fingerprint density at radius 2 is 2.05 bits per heavy atom. The van der Waals surface area contributed by atoms with E-state index in [0.717, 1.165) is 11.4 Å². The van der Waals surface area contributed by atoms with Gasteiger partial charge in [-0.15, -0.1) is 0 Å². The average Bonchev–Trinajstić information content (AvgIpc) is 2.67. The molecule has 7 heteroatoms. The fraction of sp³-hybridized carbons (Fsp3) is 0.333. The van der Waals surface area contributed by atoms with Crippen molar-refractivity contribution in [2.24, 2.45) is 0 Å². The van der Waals surface area contributed by atoms with Crippen molar-refractivity contribution in [3.05, 3.63) is 35.4 Å². The van der Waals surface area contributed by atoms with Crippen LogP contribution in [0.3, 0.4) is 0 Å². The fourth-order valence-electron chi connectivity index (χ4n) is 1.97. The third-order valence-electron chi connectivity index (χ3n) is 2.87. The summed E-state index contributed by atoms with van der Waals surface area (Å²) in [6, 6.07) is 5.27. The van der Waals surface area contributed by atoms with Crippen LogP contribution in [0.25, 0.3) is 0 Å². The minimum Gasteiger partial charge on any atom is -0.497 e. The molecule has 19 heavy (non-hydrogen) atoms. The van der Waals surface area contributed by atoms with Crippen molar-refractivity contribution in [3.8, 4) is 5.75 Å². The second-order valence-corrected chi connectivity index (χ2v) is 4.31. The molecule has 0 saturated carbocycles. The van der Waals surface area contributed by atoms with Crippen molar-refractivity contribution in [2.75, 3.05) is 7.11 Å². The van der Waals surface area contributed by atoms with Crippen LogP contribution in [0.4, 0.5) is 0 Å². The van der Waals surface area contributed by atoms with Crippen LogP contribution in [0, 0.1) is 13.8 Å². The molecule has 1 aromatic carbocycles. The molecule has 1 heterocycles. The molecule has 6 nitrogen and oxygen atoms in total. The number of nitrogens with zero attached hydrogens (tertiary/aromatic N) is 3. The molecule has 2 aromatic rings. The van der Waals surface area contributed by atoms with Crippen LogP contribution in [-0.4, -0.2) is 39.0 Å². The molecule has 0 bridgehead atoms. The minimum atomic E-state index is -1.56. The number of methoxy groups -OCH3 is 1. The van der Waals surface area contributed by atoms with Crippen LogP contribution in [0.2, 0.25) is 0 Å². The van der Waals surface area contributed by atoms with Gasteiger partial charge in [0.15, 0.2) is 0 Å². The first kappa shape index (κ1) is 13.6. The lowest BCUT2D eigenvalue weighted by Crippen LogP contribution is -2.31. The largest absolute Gasteiger partial charge is 0.497 e. The van der Waals surface area contributed by atoms with E-state index in [-0.39, 0.29) is 0 Å². The zero-order valence-electron chi connectivity index (χ0n) is 11.2. The Balaban J connectivity index is 2.31. The summed E-state index contributed by atoms with van der Waals surface area (Å²) in [6.07, 6.45) is 0. The number of ether oxygens (including phenoxy) is 1. The van der Waals surface area contributed by atoms with Crippen LogP contribution < -0.4 is 10.2 Å². The third kappa shape index (κ3) is 2.94. The number of hydrogen-bond donors (Lipinski definition) is 2. The summed E-state index contributed by atoms with van der Waals surface area (Å²) in [5, 5.41) is 22.9. The summed E-state index contributed by atoms with van der Waals surface area (Å²) in [5.74, 6) is 1.98. The van der Waals surface area contributed by atoms with E-state index < -0.39 is 7.12 Å². The van der Waals surface area contributed by atoms with Crippen LogP contribution in [0.15, 0.2) is 18.2 Å². The molecule has 0 saturated heterocycles. The average molecular weight is 261 g/mol. The van der Waals surface area contributed by atoms with Gasteiger partial charge in [-0.05, 0) is 25.5 Å². The van der Waals surface area contributed by atoms with Gasteiger partial charge < -0.3 is 14.8 Å². The van der Waals surface area contributed by atoms with Crippen LogP contribution in [-0.2, 0) is 6.54 Å². The standard InChI is InChI=1S/C12H16BN3O3/c1-8-14-9(2)16(15-8)7-10-4-5-12(19-3)11(6-10)13(17)18/h4-6,17-18H,7H2,1-3H3. The second-order valence-electron chi connectivity index (χ2n) is 4.31. The highest BCUT2D eigenvalue weighted by Crippen LogP contribution is 2.11. The smallest absolute Gasteiger partial charge is 0.492 e. The van der Waals surface area contributed by atoms with E-state index >= 15 is 0 Å². The summed E-state index contributed by atoms with van der Waals surface area (Å²) in [5.41, 5.74) is 1.24. The zero-order valence-corrected chi connectivity index (χ0v) is 11.2. The van der Waals surface area contributed by atoms with E-state index in [2.05, 4.69) is 10.1 Å². The van der Waals surface area contributed by atoms with Crippen LogP contribution in [0.1, 0.15) is 17.2 Å². The van der Waals surface area contributed by atoms with Gasteiger partial charge in [0.05, 0.1) is 13.7 Å². The molecule has 0 aliphatic heterocycles. The lowest BCUT2D eigenvalue weighted by Gasteiger charge is -2.10. The SMILES string of the molecule is COc1ccc(Cn2nc(C)nc2C)cc1B(O)O. The molecule has 2 N–H and O–H groups in total. The normalized spacial score (nSPS) is 10.6. The van der Waals surface area contributed by atoms with Crippen molar-refractivity contribution in [3.63, 3.8) is 0 Å². The molecule has 0 aliphatic carbocycles. The monoisotopic (exact) mass is 261 g/mol. The van der Waals surface area contributed by atoms with Crippen molar-refractivity contribution in [1.82, 2.24) is 14.8 Å². The highest BCUT2D eigenvalue weighted by molar-refractivity contribution is 6.59.